The van der Waals surface area contributed by atoms with Crippen molar-refractivity contribution in [3.05, 3.63) is 23.9 Å². The van der Waals surface area contributed by atoms with Crippen LogP contribution in [0, 0.1) is 12.8 Å². The molecule has 0 saturated carbocycles. The lowest BCUT2D eigenvalue weighted by Crippen LogP contribution is -2.40. The molecule has 0 bridgehead atoms. The van der Waals surface area contributed by atoms with Gasteiger partial charge in [0.2, 0.25) is 5.96 Å². The number of urea groups is 1. The molecule has 0 aliphatic rings. The van der Waals surface area contributed by atoms with Crippen LogP contribution in [-0.2, 0) is 0 Å². The number of guanidine groups is 1. The van der Waals surface area contributed by atoms with Crippen LogP contribution >= 0.6 is 0 Å². The van der Waals surface area contributed by atoms with Crippen LogP contribution in [0.2, 0.25) is 0 Å². The SMILES string of the molecule is Cc1cccnc1NC(=NCC(C)C)NC(N)=O. The number of rotatable bonds is 3. The van der Waals surface area contributed by atoms with Gasteiger partial charge >= 0.3 is 6.03 Å². The summed E-state index contributed by atoms with van der Waals surface area (Å²) in [6.45, 7) is 6.59. The van der Waals surface area contributed by atoms with Crippen LogP contribution in [0.5, 0.6) is 0 Å². The number of aryl methyl sites for hydroxylation is 1. The molecule has 1 rings (SSSR count). The van der Waals surface area contributed by atoms with E-state index in [2.05, 4.69) is 20.6 Å². The van der Waals surface area contributed by atoms with Gasteiger partial charge in [0.15, 0.2) is 0 Å². The number of nitrogens with two attached hydrogens (primary N) is 1. The minimum absolute atomic E-state index is 0.318. The van der Waals surface area contributed by atoms with Crippen LogP contribution in [0.15, 0.2) is 23.3 Å². The van der Waals surface area contributed by atoms with Gasteiger partial charge in [-0.3, -0.25) is 10.3 Å². The zero-order chi connectivity index (χ0) is 13.5. The van der Waals surface area contributed by atoms with Crippen molar-refractivity contribution in [3.63, 3.8) is 0 Å². The monoisotopic (exact) mass is 249 g/mol. The maximum atomic E-state index is 10.9. The number of hydrogen-bond acceptors (Lipinski definition) is 3. The van der Waals surface area contributed by atoms with Crippen molar-refractivity contribution >= 4 is 17.8 Å². The van der Waals surface area contributed by atoms with Gasteiger partial charge in [-0.2, -0.15) is 0 Å². The summed E-state index contributed by atoms with van der Waals surface area (Å²) in [6.07, 6.45) is 1.67. The molecule has 6 heteroatoms. The van der Waals surface area contributed by atoms with E-state index in [0.29, 0.717) is 24.2 Å². The van der Waals surface area contributed by atoms with Gasteiger partial charge in [-0.25, -0.2) is 9.78 Å². The summed E-state index contributed by atoms with van der Waals surface area (Å²) in [5.74, 6) is 1.35. The zero-order valence-electron chi connectivity index (χ0n) is 10.9. The molecule has 0 unspecified atom stereocenters. The van der Waals surface area contributed by atoms with Gasteiger partial charge in [0.1, 0.15) is 5.82 Å². The maximum absolute atomic E-state index is 10.9. The van der Waals surface area contributed by atoms with Gasteiger partial charge in [0, 0.05) is 12.7 Å². The van der Waals surface area contributed by atoms with Crippen molar-refractivity contribution in [3.8, 4) is 0 Å². The van der Waals surface area contributed by atoms with Gasteiger partial charge in [0.05, 0.1) is 0 Å². The first-order valence-electron chi connectivity index (χ1n) is 5.78. The summed E-state index contributed by atoms with van der Waals surface area (Å²) in [5.41, 5.74) is 6.06. The van der Waals surface area contributed by atoms with E-state index in [9.17, 15) is 4.79 Å². The summed E-state index contributed by atoms with van der Waals surface area (Å²) < 4.78 is 0. The largest absolute Gasteiger partial charge is 0.351 e. The van der Waals surface area contributed by atoms with Crippen molar-refractivity contribution in [2.75, 3.05) is 11.9 Å². The fraction of sp³-hybridized carbons (Fsp3) is 0.417. The minimum Gasteiger partial charge on any atom is -0.351 e. The first-order valence-corrected chi connectivity index (χ1v) is 5.78. The van der Waals surface area contributed by atoms with Crippen LogP contribution in [0.4, 0.5) is 10.6 Å². The van der Waals surface area contributed by atoms with Crippen LogP contribution in [0.3, 0.4) is 0 Å². The van der Waals surface area contributed by atoms with Gasteiger partial charge in [-0.1, -0.05) is 19.9 Å². The summed E-state index contributed by atoms with van der Waals surface area (Å²) in [5, 5.41) is 5.41. The molecule has 0 radical (unpaired) electrons. The molecule has 0 atom stereocenters. The average molecular weight is 249 g/mol. The molecular formula is C12H19N5O. The molecule has 0 aliphatic heterocycles. The number of primary amides is 1. The number of hydrogen-bond donors (Lipinski definition) is 3. The third-order valence-corrected chi connectivity index (χ3v) is 2.10. The molecule has 2 amide bonds. The van der Waals surface area contributed by atoms with Gasteiger partial charge < -0.3 is 11.1 Å². The second kappa shape index (κ2) is 6.58. The highest BCUT2D eigenvalue weighted by molar-refractivity contribution is 6.03. The molecule has 98 valence electrons. The summed E-state index contributed by atoms with van der Waals surface area (Å²) in [4.78, 5) is 19.3. The third kappa shape index (κ3) is 4.82. The van der Waals surface area contributed by atoms with Crippen LogP contribution in [0.25, 0.3) is 0 Å². The second-order valence-corrected chi connectivity index (χ2v) is 4.37. The number of nitrogens with zero attached hydrogens (tertiary/aromatic N) is 2. The fourth-order valence-electron chi connectivity index (χ4n) is 1.23. The van der Waals surface area contributed by atoms with Crippen LogP contribution in [0.1, 0.15) is 19.4 Å². The molecule has 6 nitrogen and oxygen atoms in total. The van der Waals surface area contributed by atoms with E-state index in [1.165, 1.54) is 0 Å². The van der Waals surface area contributed by atoms with Crippen molar-refractivity contribution in [1.82, 2.24) is 10.3 Å². The number of aliphatic imine (C=N–C) groups is 1. The topological polar surface area (TPSA) is 92.4 Å². The maximum Gasteiger partial charge on any atom is 0.318 e. The Kier molecular flexibility index (Phi) is 5.10. The molecule has 18 heavy (non-hydrogen) atoms. The van der Waals surface area contributed by atoms with E-state index in [1.807, 2.05) is 32.9 Å². The predicted molar refractivity (Wildman–Crippen MR) is 72.5 cm³/mol. The fourth-order valence-corrected chi connectivity index (χ4v) is 1.23. The lowest BCUT2D eigenvalue weighted by molar-refractivity contribution is 0.253. The van der Waals surface area contributed by atoms with Crippen molar-refractivity contribution in [2.45, 2.75) is 20.8 Å². The lowest BCUT2D eigenvalue weighted by atomic mass is 10.2. The number of pyridine rings is 1. The van der Waals surface area contributed by atoms with Crippen LogP contribution < -0.4 is 16.4 Å². The zero-order valence-corrected chi connectivity index (χ0v) is 10.9. The van der Waals surface area contributed by atoms with E-state index in [-0.39, 0.29) is 0 Å². The number of anilines is 1. The standard InChI is InChI=1S/C12H19N5O/c1-8(2)7-15-12(17-11(13)18)16-10-9(3)5-4-6-14-10/h4-6,8H,7H2,1-3H3,(H4,13,14,15,16,17,18). The van der Waals surface area contributed by atoms with Crippen molar-refractivity contribution in [2.24, 2.45) is 16.6 Å². The lowest BCUT2D eigenvalue weighted by Gasteiger charge is -2.11. The van der Waals surface area contributed by atoms with E-state index >= 15 is 0 Å². The Labute approximate surface area is 107 Å². The number of carbonyl (C=O) groups excluding carboxylic acids is 1. The predicted octanol–water partition coefficient (Wildman–Crippen LogP) is 1.48. The Morgan fingerprint density at radius 3 is 2.83 bits per heavy atom. The molecular weight excluding hydrogens is 230 g/mol. The molecule has 1 aromatic heterocycles. The molecule has 1 heterocycles. The van der Waals surface area contributed by atoms with E-state index in [4.69, 9.17) is 5.73 Å². The van der Waals surface area contributed by atoms with E-state index in [1.54, 1.807) is 6.20 Å². The van der Waals surface area contributed by atoms with Crippen molar-refractivity contribution < 1.29 is 4.79 Å². The molecule has 0 aliphatic carbocycles. The summed E-state index contributed by atoms with van der Waals surface area (Å²) >= 11 is 0. The van der Waals surface area contributed by atoms with Gasteiger partial charge in [-0.05, 0) is 24.5 Å². The number of aromatic nitrogens is 1. The highest BCUT2D eigenvalue weighted by atomic mass is 16.2. The molecule has 1 aromatic rings. The number of nitrogens with one attached hydrogen (secondary N) is 2. The van der Waals surface area contributed by atoms with E-state index < -0.39 is 6.03 Å². The third-order valence-electron chi connectivity index (χ3n) is 2.10. The van der Waals surface area contributed by atoms with E-state index in [0.717, 1.165) is 5.56 Å². The quantitative estimate of drug-likeness (QED) is 0.559. The molecule has 0 spiro atoms. The normalized spacial score (nSPS) is 11.4. The second-order valence-electron chi connectivity index (χ2n) is 4.37. The molecule has 0 fully saturated rings. The summed E-state index contributed by atoms with van der Waals surface area (Å²) in [6, 6.07) is 3.10. The minimum atomic E-state index is -0.654. The Balaban J connectivity index is 2.81. The first-order chi connectivity index (χ1) is 8.49. The Morgan fingerprint density at radius 1 is 1.56 bits per heavy atom. The Morgan fingerprint density at radius 2 is 2.28 bits per heavy atom. The molecule has 0 aromatic carbocycles. The van der Waals surface area contributed by atoms with Gasteiger partial charge in [-0.15, -0.1) is 0 Å². The average Bonchev–Trinajstić information content (AvgIpc) is 2.28. The molecule has 0 saturated heterocycles. The highest BCUT2D eigenvalue weighted by Crippen LogP contribution is 2.08. The van der Waals surface area contributed by atoms with Gasteiger partial charge in [0.25, 0.3) is 0 Å². The Hall–Kier alpha value is -2.11. The van der Waals surface area contributed by atoms with Crippen molar-refractivity contribution in [1.29, 1.82) is 0 Å². The first kappa shape index (κ1) is 14.0. The summed E-state index contributed by atoms with van der Waals surface area (Å²) in [7, 11) is 0. The molecule has 4 N–H and O–H groups in total. The smallest absolute Gasteiger partial charge is 0.318 e. The highest BCUT2D eigenvalue weighted by Gasteiger charge is 2.06. The number of amides is 2. The van der Waals surface area contributed by atoms with Crippen LogP contribution in [-0.4, -0.2) is 23.5 Å². The Bertz CT molecular complexity index is 442. The number of carbonyl (C=O) groups is 1.